The minimum Gasteiger partial charge on any atom is -0.494 e. The lowest BCUT2D eigenvalue weighted by molar-refractivity contribution is -0.137. The summed E-state index contributed by atoms with van der Waals surface area (Å²) in [6, 6.07) is 20.9. The van der Waals surface area contributed by atoms with Crippen molar-refractivity contribution in [2.75, 3.05) is 13.2 Å². The fraction of sp³-hybridized carbons (Fsp3) is 0.259. The highest BCUT2D eigenvalue weighted by molar-refractivity contribution is 6.08. The monoisotopic (exact) mass is 445 g/mol. The van der Waals surface area contributed by atoms with E-state index >= 15 is 0 Å². The Bertz CT molecular complexity index is 1290. The Morgan fingerprint density at radius 3 is 2.21 bits per heavy atom. The lowest BCUT2D eigenvalue weighted by atomic mass is 10.1. The minimum absolute atomic E-state index is 0.0270. The molecule has 0 aliphatic carbocycles. The average Bonchev–Trinajstić information content (AvgIpc) is 3.11. The summed E-state index contributed by atoms with van der Waals surface area (Å²) in [6.45, 7) is 2.61. The lowest BCUT2D eigenvalue weighted by Gasteiger charge is -2.09. The first-order chi connectivity index (χ1) is 16.0. The predicted octanol–water partition coefficient (Wildman–Crippen LogP) is 5.71. The Morgan fingerprint density at radius 2 is 1.48 bits per heavy atom. The van der Waals surface area contributed by atoms with Gasteiger partial charge in [0.25, 0.3) is 0 Å². The van der Waals surface area contributed by atoms with Gasteiger partial charge in [0, 0.05) is 27.9 Å². The first-order valence-corrected chi connectivity index (χ1v) is 11.1. The molecule has 170 valence electrons. The van der Waals surface area contributed by atoms with Crippen LogP contribution in [-0.4, -0.2) is 34.6 Å². The molecule has 4 rings (SSSR count). The molecule has 1 aromatic heterocycles. The first-order valence-electron chi connectivity index (χ1n) is 11.1. The van der Waals surface area contributed by atoms with Crippen LogP contribution in [0.1, 0.15) is 36.5 Å². The number of ketones is 1. The molecule has 33 heavy (non-hydrogen) atoms. The molecule has 1 N–H and O–H groups in total. The highest BCUT2D eigenvalue weighted by atomic mass is 16.5. The minimum atomic E-state index is -0.876. The van der Waals surface area contributed by atoms with Crippen molar-refractivity contribution in [3.63, 3.8) is 0 Å². The van der Waals surface area contributed by atoms with E-state index in [-0.39, 0.29) is 12.3 Å². The molecule has 0 unspecified atom stereocenters. The zero-order chi connectivity index (χ0) is 23.2. The number of ether oxygens (including phenoxy) is 2. The smallest absolute Gasteiger partial charge is 0.323 e. The molecule has 0 saturated carbocycles. The van der Waals surface area contributed by atoms with Crippen molar-refractivity contribution < 1.29 is 24.2 Å². The molecule has 6 heteroatoms. The van der Waals surface area contributed by atoms with Crippen LogP contribution in [0.4, 0.5) is 0 Å². The van der Waals surface area contributed by atoms with Crippen LogP contribution in [0, 0.1) is 0 Å². The van der Waals surface area contributed by atoms with E-state index in [2.05, 4.69) is 0 Å². The molecule has 0 spiro atoms. The zero-order valence-corrected chi connectivity index (χ0v) is 18.6. The van der Waals surface area contributed by atoms with Crippen molar-refractivity contribution in [3.05, 3.63) is 72.3 Å². The van der Waals surface area contributed by atoms with Crippen molar-refractivity contribution in [2.24, 2.45) is 0 Å². The number of para-hydroxylation sites is 1. The van der Waals surface area contributed by atoms with Crippen LogP contribution in [0.25, 0.3) is 21.8 Å². The average molecular weight is 446 g/mol. The van der Waals surface area contributed by atoms with Gasteiger partial charge in [0.05, 0.1) is 18.7 Å². The summed E-state index contributed by atoms with van der Waals surface area (Å²) in [7, 11) is 0. The summed E-state index contributed by atoms with van der Waals surface area (Å²) in [6.07, 6.45) is 2.72. The number of Topliss-reactive ketones (excluding diaryl/α,β-unsaturated/α-hetero) is 1. The van der Waals surface area contributed by atoms with E-state index in [4.69, 9.17) is 9.47 Å². The largest absolute Gasteiger partial charge is 0.494 e. The van der Waals surface area contributed by atoms with Gasteiger partial charge in [-0.25, -0.2) is 0 Å². The number of benzene rings is 3. The van der Waals surface area contributed by atoms with Gasteiger partial charge in [-0.15, -0.1) is 0 Å². The Balaban J connectivity index is 1.30. The van der Waals surface area contributed by atoms with E-state index in [9.17, 15) is 14.7 Å². The lowest BCUT2D eigenvalue weighted by Crippen LogP contribution is -2.08. The summed E-state index contributed by atoms with van der Waals surface area (Å²) in [5.41, 5.74) is 2.42. The fourth-order valence-corrected chi connectivity index (χ4v) is 3.99. The quantitative estimate of drug-likeness (QED) is 0.236. The number of carbonyl (C=O) groups is 2. The number of fused-ring (bicyclic) bond motifs is 3. The summed E-state index contributed by atoms with van der Waals surface area (Å²) in [5, 5.41) is 11.4. The number of carboxylic acids is 1. The van der Waals surface area contributed by atoms with E-state index in [1.165, 1.54) is 0 Å². The number of aromatic nitrogens is 1. The van der Waals surface area contributed by atoms with Gasteiger partial charge in [0.15, 0.2) is 5.78 Å². The Kier molecular flexibility index (Phi) is 6.93. The van der Waals surface area contributed by atoms with Crippen molar-refractivity contribution in [1.29, 1.82) is 0 Å². The molecule has 4 aromatic rings. The van der Waals surface area contributed by atoms with Crippen molar-refractivity contribution in [1.82, 2.24) is 4.57 Å². The molecule has 3 aromatic carbocycles. The third kappa shape index (κ3) is 5.34. The third-order valence-corrected chi connectivity index (χ3v) is 5.61. The Hall–Kier alpha value is -3.80. The number of rotatable bonds is 11. The van der Waals surface area contributed by atoms with Gasteiger partial charge < -0.3 is 19.1 Å². The molecular weight excluding hydrogens is 418 g/mol. The fourth-order valence-electron chi connectivity index (χ4n) is 3.99. The van der Waals surface area contributed by atoms with E-state index < -0.39 is 5.97 Å². The number of carboxylic acid groups (broad SMARTS) is 1. The van der Waals surface area contributed by atoms with Gasteiger partial charge >= 0.3 is 5.97 Å². The van der Waals surface area contributed by atoms with Gasteiger partial charge in [-0.1, -0.05) is 30.3 Å². The molecule has 0 amide bonds. The van der Waals surface area contributed by atoms with Crippen LogP contribution < -0.4 is 9.47 Å². The molecule has 0 aliphatic rings. The van der Waals surface area contributed by atoms with Gasteiger partial charge in [0.2, 0.25) is 0 Å². The molecule has 6 nitrogen and oxygen atoms in total. The predicted molar refractivity (Wildman–Crippen MR) is 128 cm³/mol. The third-order valence-electron chi connectivity index (χ3n) is 5.61. The summed E-state index contributed by atoms with van der Waals surface area (Å²) < 4.78 is 13.5. The second kappa shape index (κ2) is 10.2. The van der Waals surface area contributed by atoms with Crippen molar-refractivity contribution in [2.45, 2.75) is 32.7 Å². The summed E-state index contributed by atoms with van der Waals surface area (Å²) in [5.74, 6) is 0.594. The molecule has 0 saturated heterocycles. The maximum atomic E-state index is 11.4. The van der Waals surface area contributed by atoms with Crippen LogP contribution in [0.5, 0.6) is 11.5 Å². The van der Waals surface area contributed by atoms with Gasteiger partial charge in [-0.2, -0.15) is 0 Å². The van der Waals surface area contributed by atoms with E-state index in [1.54, 1.807) is 19.1 Å². The normalized spacial score (nSPS) is 11.1. The maximum Gasteiger partial charge on any atom is 0.323 e. The highest BCUT2D eigenvalue weighted by Gasteiger charge is 2.13. The summed E-state index contributed by atoms with van der Waals surface area (Å²) in [4.78, 5) is 22.8. The summed E-state index contributed by atoms with van der Waals surface area (Å²) >= 11 is 0. The van der Waals surface area contributed by atoms with Gasteiger partial charge in [-0.3, -0.25) is 9.59 Å². The number of nitrogens with zero attached hydrogens (tertiary/aromatic N) is 1. The van der Waals surface area contributed by atoms with E-state index in [0.29, 0.717) is 24.5 Å². The van der Waals surface area contributed by atoms with Crippen LogP contribution in [-0.2, 0) is 11.3 Å². The number of hydrogen-bond acceptors (Lipinski definition) is 4. The van der Waals surface area contributed by atoms with Crippen molar-refractivity contribution >= 4 is 33.6 Å². The molecule has 0 radical (unpaired) electrons. The van der Waals surface area contributed by atoms with Crippen LogP contribution in [0.2, 0.25) is 0 Å². The van der Waals surface area contributed by atoms with Crippen molar-refractivity contribution in [3.8, 4) is 11.5 Å². The second-order valence-corrected chi connectivity index (χ2v) is 8.02. The topological polar surface area (TPSA) is 77.8 Å². The van der Waals surface area contributed by atoms with E-state index in [0.717, 1.165) is 46.8 Å². The maximum absolute atomic E-state index is 11.4. The second-order valence-electron chi connectivity index (χ2n) is 8.02. The number of hydrogen-bond donors (Lipinski definition) is 1. The molecule has 0 aliphatic heterocycles. The molecular formula is C27H27NO5. The van der Waals surface area contributed by atoms with Gasteiger partial charge in [-0.05, 0) is 56.5 Å². The van der Waals surface area contributed by atoms with Gasteiger partial charge in [0.1, 0.15) is 18.0 Å². The zero-order valence-electron chi connectivity index (χ0n) is 18.6. The standard InChI is InChI=1S/C27H27NO5/c1-19(29)20-8-7-9-21(16-20)32-14-5-2-6-15-33-22-12-13-24-23-10-3-4-11-25(23)28(18-27(30)31)26(24)17-22/h3-4,7-13,16-17H,2,5-6,14-15,18H2,1H3,(H,30,31). The highest BCUT2D eigenvalue weighted by Crippen LogP contribution is 2.31. The Labute approximate surface area is 192 Å². The Morgan fingerprint density at radius 1 is 0.788 bits per heavy atom. The number of carbonyl (C=O) groups excluding carboxylic acids is 1. The van der Waals surface area contributed by atoms with Crippen LogP contribution in [0.3, 0.4) is 0 Å². The molecule has 1 heterocycles. The number of aliphatic carboxylic acids is 1. The first kappa shape index (κ1) is 22.4. The van der Waals surface area contributed by atoms with E-state index in [1.807, 2.05) is 59.2 Å². The molecule has 0 atom stereocenters. The van der Waals surface area contributed by atoms with Crippen LogP contribution in [0.15, 0.2) is 66.7 Å². The van der Waals surface area contributed by atoms with Crippen LogP contribution >= 0.6 is 0 Å². The number of unbranched alkanes of at least 4 members (excludes halogenated alkanes) is 2. The molecule has 0 fully saturated rings. The molecule has 0 bridgehead atoms. The SMILES string of the molecule is CC(=O)c1cccc(OCCCCCOc2ccc3c4ccccc4n(CC(=O)O)c3c2)c1.